The van der Waals surface area contributed by atoms with Gasteiger partial charge in [0.1, 0.15) is 6.61 Å². The van der Waals surface area contributed by atoms with Crippen molar-refractivity contribution in [1.82, 2.24) is 4.90 Å². The first-order valence-corrected chi connectivity index (χ1v) is 8.21. The van der Waals surface area contributed by atoms with Gasteiger partial charge < -0.3 is 5.11 Å². The molecule has 3 heteroatoms. The van der Waals surface area contributed by atoms with E-state index in [4.69, 9.17) is 5.11 Å². The zero-order chi connectivity index (χ0) is 14.6. The first-order valence-electron chi connectivity index (χ1n) is 7.40. The molecule has 0 saturated carbocycles. The van der Waals surface area contributed by atoms with Crippen molar-refractivity contribution in [3.63, 3.8) is 0 Å². The van der Waals surface area contributed by atoms with Crippen LogP contribution in [0, 0.1) is 23.2 Å². The molecule has 1 aromatic rings. The third-order valence-corrected chi connectivity index (χ3v) is 5.13. The molecule has 1 aliphatic rings. The van der Waals surface area contributed by atoms with Crippen LogP contribution in [0.3, 0.4) is 0 Å². The average Bonchev–Trinajstić information content (AvgIpc) is 2.83. The van der Waals surface area contributed by atoms with E-state index in [9.17, 15) is 0 Å². The van der Waals surface area contributed by atoms with Crippen molar-refractivity contribution in [2.24, 2.45) is 11.3 Å². The van der Waals surface area contributed by atoms with Crippen molar-refractivity contribution in [2.45, 2.75) is 40.2 Å². The fourth-order valence-corrected chi connectivity index (χ4v) is 3.76. The van der Waals surface area contributed by atoms with Crippen LogP contribution in [-0.4, -0.2) is 29.7 Å². The molecule has 2 nitrogen and oxygen atoms in total. The highest BCUT2D eigenvalue weighted by atomic mass is 32.1. The summed E-state index contributed by atoms with van der Waals surface area (Å²) in [5.41, 5.74) is 0.447. The van der Waals surface area contributed by atoms with Crippen LogP contribution in [0.1, 0.15) is 43.4 Å². The highest BCUT2D eigenvalue weighted by Gasteiger charge is 2.28. The Bertz CT molecular complexity index is 481. The highest BCUT2D eigenvalue weighted by Crippen LogP contribution is 2.34. The quantitative estimate of drug-likeness (QED) is 0.845. The van der Waals surface area contributed by atoms with Crippen LogP contribution in [0.2, 0.25) is 0 Å². The van der Waals surface area contributed by atoms with E-state index in [0.717, 1.165) is 17.3 Å². The number of nitrogens with zero attached hydrogens (tertiary/aromatic N) is 1. The maximum atomic E-state index is 8.71. The number of hydrogen-bond donors (Lipinski definition) is 1. The van der Waals surface area contributed by atoms with Gasteiger partial charge in [0.25, 0.3) is 0 Å². The molecule has 1 fully saturated rings. The largest absolute Gasteiger partial charge is 0.384 e. The predicted molar refractivity (Wildman–Crippen MR) is 85.7 cm³/mol. The smallest absolute Gasteiger partial charge is 0.104 e. The molecule has 0 spiro atoms. The van der Waals surface area contributed by atoms with Crippen molar-refractivity contribution in [3.8, 4) is 11.8 Å². The van der Waals surface area contributed by atoms with Gasteiger partial charge in [0.05, 0.1) is 4.88 Å². The lowest BCUT2D eigenvalue weighted by Crippen LogP contribution is -2.37. The molecular formula is C17H25NOS. The molecule has 0 radical (unpaired) electrons. The van der Waals surface area contributed by atoms with Gasteiger partial charge in [0.2, 0.25) is 0 Å². The lowest BCUT2D eigenvalue weighted by atomic mass is 9.75. The fourth-order valence-electron chi connectivity index (χ4n) is 2.83. The summed E-state index contributed by atoms with van der Waals surface area (Å²) in [5, 5.41) is 8.71. The molecular weight excluding hydrogens is 266 g/mol. The standard InChI is InChI=1S/C17H25NOS/c1-17(2,3)14-8-10-18(11-9-14)13-16-7-6-15(20-16)5-4-12-19/h6-7,14,19H,8-13H2,1-3H3. The van der Waals surface area contributed by atoms with E-state index in [1.165, 1.54) is 30.8 Å². The highest BCUT2D eigenvalue weighted by molar-refractivity contribution is 7.12. The normalized spacial score (nSPS) is 17.8. The van der Waals surface area contributed by atoms with Gasteiger partial charge in [-0.1, -0.05) is 32.6 Å². The average molecular weight is 291 g/mol. The van der Waals surface area contributed by atoms with Crippen LogP contribution in [-0.2, 0) is 6.54 Å². The van der Waals surface area contributed by atoms with Gasteiger partial charge in [0.15, 0.2) is 0 Å². The minimum atomic E-state index is -0.0620. The molecule has 0 aliphatic carbocycles. The molecule has 1 N–H and O–H groups in total. The summed E-state index contributed by atoms with van der Waals surface area (Å²) in [4.78, 5) is 4.98. The van der Waals surface area contributed by atoms with Crippen LogP contribution < -0.4 is 0 Å². The first kappa shape index (κ1) is 15.6. The molecule has 110 valence electrons. The number of rotatable bonds is 2. The van der Waals surface area contributed by atoms with E-state index < -0.39 is 0 Å². The van der Waals surface area contributed by atoms with E-state index in [1.54, 1.807) is 11.3 Å². The van der Waals surface area contributed by atoms with Crippen molar-refractivity contribution in [3.05, 3.63) is 21.9 Å². The zero-order valence-corrected chi connectivity index (χ0v) is 13.6. The van der Waals surface area contributed by atoms with Gasteiger partial charge in [-0.25, -0.2) is 0 Å². The SMILES string of the molecule is CC(C)(C)C1CCN(Cc2ccc(C#CCO)s2)CC1. The summed E-state index contributed by atoms with van der Waals surface area (Å²) >= 11 is 1.75. The maximum absolute atomic E-state index is 8.71. The monoisotopic (exact) mass is 291 g/mol. The Hall–Kier alpha value is -0.820. The van der Waals surface area contributed by atoms with Crippen molar-refractivity contribution in [1.29, 1.82) is 0 Å². The molecule has 1 aliphatic heterocycles. The molecule has 2 rings (SSSR count). The maximum Gasteiger partial charge on any atom is 0.104 e. The minimum absolute atomic E-state index is 0.0620. The van der Waals surface area contributed by atoms with Gasteiger partial charge in [0, 0.05) is 11.4 Å². The van der Waals surface area contributed by atoms with Crippen molar-refractivity contribution in [2.75, 3.05) is 19.7 Å². The summed E-state index contributed by atoms with van der Waals surface area (Å²) in [5.74, 6) is 6.54. The van der Waals surface area contributed by atoms with Gasteiger partial charge in [-0.15, -0.1) is 11.3 Å². The van der Waals surface area contributed by atoms with Crippen LogP contribution >= 0.6 is 11.3 Å². The van der Waals surface area contributed by atoms with Crippen LogP contribution in [0.5, 0.6) is 0 Å². The number of piperidine rings is 1. The Morgan fingerprint density at radius 1 is 1.30 bits per heavy atom. The molecule has 1 saturated heterocycles. The number of hydrogen-bond acceptors (Lipinski definition) is 3. The van der Waals surface area contributed by atoms with E-state index in [1.807, 2.05) is 0 Å². The van der Waals surface area contributed by atoms with E-state index >= 15 is 0 Å². The van der Waals surface area contributed by atoms with E-state index in [-0.39, 0.29) is 6.61 Å². The Balaban J connectivity index is 1.85. The summed E-state index contributed by atoms with van der Waals surface area (Å²) in [6, 6.07) is 4.23. The zero-order valence-electron chi connectivity index (χ0n) is 12.8. The number of aliphatic hydroxyl groups is 1. The lowest BCUT2D eigenvalue weighted by Gasteiger charge is -2.38. The summed E-state index contributed by atoms with van der Waals surface area (Å²) < 4.78 is 0. The summed E-state index contributed by atoms with van der Waals surface area (Å²) in [6.45, 7) is 10.5. The second-order valence-electron chi connectivity index (χ2n) is 6.64. The Morgan fingerprint density at radius 3 is 2.60 bits per heavy atom. The topological polar surface area (TPSA) is 23.5 Å². The van der Waals surface area contributed by atoms with E-state index in [2.05, 4.69) is 49.6 Å². The molecule has 1 aromatic heterocycles. The number of aliphatic hydroxyl groups excluding tert-OH is 1. The molecule has 0 aromatic carbocycles. The Labute approximate surface area is 126 Å². The van der Waals surface area contributed by atoms with Crippen LogP contribution in [0.15, 0.2) is 12.1 Å². The third kappa shape index (κ3) is 4.34. The first-order chi connectivity index (χ1) is 9.49. The molecule has 0 amide bonds. The number of thiophene rings is 1. The minimum Gasteiger partial charge on any atom is -0.384 e. The Morgan fingerprint density at radius 2 is 2.00 bits per heavy atom. The fraction of sp³-hybridized carbons (Fsp3) is 0.647. The third-order valence-electron chi connectivity index (χ3n) is 4.14. The predicted octanol–water partition coefficient (Wildman–Crippen LogP) is 3.35. The molecule has 0 unspecified atom stereocenters. The Kier molecular flexibility index (Phi) is 5.26. The van der Waals surface area contributed by atoms with Crippen molar-refractivity contribution >= 4 is 11.3 Å². The summed E-state index contributed by atoms with van der Waals surface area (Å²) in [7, 11) is 0. The second kappa shape index (κ2) is 6.76. The molecule has 0 atom stereocenters. The molecule has 0 bridgehead atoms. The molecule has 2 heterocycles. The lowest BCUT2D eigenvalue weighted by molar-refractivity contribution is 0.109. The molecule has 20 heavy (non-hydrogen) atoms. The van der Waals surface area contributed by atoms with Crippen LogP contribution in [0.4, 0.5) is 0 Å². The van der Waals surface area contributed by atoms with Gasteiger partial charge in [-0.3, -0.25) is 4.90 Å². The number of likely N-dealkylation sites (tertiary alicyclic amines) is 1. The van der Waals surface area contributed by atoms with Crippen LogP contribution in [0.25, 0.3) is 0 Å². The van der Waals surface area contributed by atoms with Gasteiger partial charge >= 0.3 is 0 Å². The van der Waals surface area contributed by atoms with Gasteiger partial charge in [-0.05, 0) is 49.4 Å². The van der Waals surface area contributed by atoms with Crippen molar-refractivity contribution < 1.29 is 5.11 Å². The van der Waals surface area contributed by atoms with E-state index in [0.29, 0.717) is 5.41 Å². The summed E-state index contributed by atoms with van der Waals surface area (Å²) in [6.07, 6.45) is 2.62. The second-order valence-corrected chi connectivity index (χ2v) is 7.81. The van der Waals surface area contributed by atoms with Gasteiger partial charge in [-0.2, -0.15) is 0 Å².